The van der Waals surface area contributed by atoms with E-state index in [1.807, 2.05) is 31.2 Å². The molecule has 0 radical (unpaired) electrons. The number of nitrogens with one attached hydrogen (secondary N) is 1. The van der Waals surface area contributed by atoms with Crippen molar-refractivity contribution in [2.75, 3.05) is 19.5 Å². The fourth-order valence-electron chi connectivity index (χ4n) is 0.685. The molecule has 0 saturated carbocycles. The van der Waals surface area contributed by atoms with Crippen LogP contribution in [0.5, 0.6) is 0 Å². The van der Waals surface area contributed by atoms with E-state index in [2.05, 4.69) is 10.4 Å². The highest BCUT2D eigenvalue weighted by molar-refractivity contribution is 5.39. The Hall–Kier alpha value is -1.09. The summed E-state index contributed by atoms with van der Waals surface area (Å²) in [5, 5.41) is 1.88. The molecular formula is C7H11N3. The molecule has 0 atom stereocenters. The van der Waals surface area contributed by atoms with Crippen LogP contribution >= 0.6 is 0 Å². The van der Waals surface area contributed by atoms with Crippen LogP contribution in [0.2, 0.25) is 0 Å². The number of hydrogen-bond acceptors (Lipinski definition) is 3. The average Bonchev–Trinajstić information content (AvgIpc) is 1.88. The van der Waals surface area contributed by atoms with Gasteiger partial charge in [-0.2, -0.15) is 0 Å². The van der Waals surface area contributed by atoms with Crippen molar-refractivity contribution in [2.45, 2.75) is 0 Å². The Labute approximate surface area is 60.7 Å². The third kappa shape index (κ3) is 2.03. The van der Waals surface area contributed by atoms with Gasteiger partial charge in [0.15, 0.2) is 0 Å². The molecule has 0 aliphatic heterocycles. The zero-order chi connectivity index (χ0) is 7.40. The number of aromatic nitrogens is 1. The van der Waals surface area contributed by atoms with Crippen molar-refractivity contribution in [1.29, 1.82) is 0 Å². The van der Waals surface area contributed by atoms with Gasteiger partial charge in [-0.25, -0.2) is 5.01 Å². The molecule has 0 aromatic carbocycles. The molecule has 1 N–H and O–H groups in total. The summed E-state index contributed by atoms with van der Waals surface area (Å²) in [5.74, 6) is 0. The lowest BCUT2D eigenvalue weighted by atomic mass is 10.4. The largest absolute Gasteiger partial charge is 0.319 e. The standard InChI is InChI=1S/C7H11N3/c1-10(2)9-7-3-5-8-6-4-7/h3-6H,1-2H3,(H,8,9). The van der Waals surface area contributed by atoms with E-state index in [1.165, 1.54) is 0 Å². The van der Waals surface area contributed by atoms with E-state index in [4.69, 9.17) is 0 Å². The predicted octanol–water partition coefficient (Wildman–Crippen LogP) is 0.970. The van der Waals surface area contributed by atoms with Crippen LogP contribution in [0.3, 0.4) is 0 Å². The Kier molecular flexibility index (Phi) is 2.23. The Morgan fingerprint density at radius 3 is 2.40 bits per heavy atom. The molecule has 0 amide bonds. The molecule has 0 spiro atoms. The molecule has 3 heteroatoms. The van der Waals surface area contributed by atoms with Gasteiger partial charge < -0.3 is 5.43 Å². The highest BCUT2D eigenvalue weighted by Gasteiger charge is 1.88. The first-order valence-corrected chi connectivity index (χ1v) is 3.13. The van der Waals surface area contributed by atoms with Gasteiger partial charge in [-0.05, 0) is 12.1 Å². The van der Waals surface area contributed by atoms with Crippen LogP contribution in [0, 0.1) is 0 Å². The Morgan fingerprint density at radius 2 is 1.90 bits per heavy atom. The first-order chi connectivity index (χ1) is 4.79. The Morgan fingerprint density at radius 1 is 1.30 bits per heavy atom. The van der Waals surface area contributed by atoms with E-state index >= 15 is 0 Å². The van der Waals surface area contributed by atoms with Crippen LogP contribution < -0.4 is 5.43 Å². The van der Waals surface area contributed by atoms with Crippen molar-refractivity contribution in [3.8, 4) is 0 Å². The second-order valence-corrected chi connectivity index (χ2v) is 2.24. The van der Waals surface area contributed by atoms with Gasteiger partial charge in [0.1, 0.15) is 0 Å². The van der Waals surface area contributed by atoms with Crippen LogP contribution in [0.25, 0.3) is 0 Å². The maximum atomic E-state index is 3.89. The average molecular weight is 137 g/mol. The quantitative estimate of drug-likeness (QED) is 0.615. The van der Waals surface area contributed by atoms with Crippen LogP contribution in [-0.4, -0.2) is 24.1 Å². The van der Waals surface area contributed by atoms with Crippen LogP contribution in [-0.2, 0) is 0 Å². The molecule has 54 valence electrons. The lowest BCUT2D eigenvalue weighted by Crippen LogP contribution is -2.19. The Bertz CT molecular complexity index is 183. The smallest absolute Gasteiger partial charge is 0.0520 e. The number of rotatable bonds is 2. The van der Waals surface area contributed by atoms with Crippen LogP contribution in [0.4, 0.5) is 5.69 Å². The molecule has 0 bridgehead atoms. The van der Waals surface area contributed by atoms with E-state index in [0.717, 1.165) is 5.69 Å². The minimum absolute atomic E-state index is 1.06. The fraction of sp³-hybridized carbons (Fsp3) is 0.286. The maximum absolute atomic E-state index is 3.89. The summed E-state index contributed by atoms with van der Waals surface area (Å²) in [6, 6.07) is 3.83. The molecule has 0 unspecified atom stereocenters. The van der Waals surface area contributed by atoms with E-state index in [1.54, 1.807) is 12.4 Å². The third-order valence-electron chi connectivity index (χ3n) is 1.03. The second-order valence-electron chi connectivity index (χ2n) is 2.24. The summed E-state index contributed by atoms with van der Waals surface area (Å²) in [6.45, 7) is 0. The molecule has 3 nitrogen and oxygen atoms in total. The van der Waals surface area contributed by atoms with Crippen molar-refractivity contribution >= 4 is 5.69 Å². The summed E-state index contributed by atoms with van der Waals surface area (Å²) in [5.41, 5.74) is 4.15. The molecule has 0 fully saturated rings. The lowest BCUT2D eigenvalue weighted by molar-refractivity contribution is 0.495. The zero-order valence-corrected chi connectivity index (χ0v) is 6.20. The zero-order valence-electron chi connectivity index (χ0n) is 6.20. The molecule has 1 rings (SSSR count). The van der Waals surface area contributed by atoms with Gasteiger partial charge in [-0.1, -0.05) is 0 Å². The highest BCUT2D eigenvalue weighted by atomic mass is 15.5. The van der Waals surface area contributed by atoms with E-state index in [-0.39, 0.29) is 0 Å². The summed E-state index contributed by atoms with van der Waals surface area (Å²) < 4.78 is 0. The molecule has 0 saturated heterocycles. The van der Waals surface area contributed by atoms with E-state index < -0.39 is 0 Å². The third-order valence-corrected chi connectivity index (χ3v) is 1.03. The highest BCUT2D eigenvalue weighted by Crippen LogP contribution is 2.02. The maximum Gasteiger partial charge on any atom is 0.0520 e. The fourth-order valence-corrected chi connectivity index (χ4v) is 0.685. The first-order valence-electron chi connectivity index (χ1n) is 3.13. The van der Waals surface area contributed by atoms with E-state index in [9.17, 15) is 0 Å². The predicted molar refractivity (Wildman–Crippen MR) is 41.5 cm³/mol. The van der Waals surface area contributed by atoms with Gasteiger partial charge in [0.2, 0.25) is 0 Å². The van der Waals surface area contributed by atoms with E-state index in [0.29, 0.717) is 0 Å². The van der Waals surface area contributed by atoms with Gasteiger partial charge in [-0.3, -0.25) is 4.98 Å². The van der Waals surface area contributed by atoms with Crippen molar-refractivity contribution in [3.63, 3.8) is 0 Å². The normalized spacial score (nSPS) is 9.90. The van der Waals surface area contributed by atoms with Gasteiger partial charge in [0, 0.05) is 26.5 Å². The summed E-state index contributed by atoms with van der Waals surface area (Å²) in [6.07, 6.45) is 3.51. The molecule has 1 heterocycles. The monoisotopic (exact) mass is 137 g/mol. The summed E-state index contributed by atoms with van der Waals surface area (Å²) >= 11 is 0. The van der Waals surface area contributed by atoms with Crippen molar-refractivity contribution < 1.29 is 0 Å². The number of anilines is 1. The number of nitrogens with zero attached hydrogens (tertiary/aromatic N) is 2. The summed E-state index contributed by atoms with van der Waals surface area (Å²) in [4.78, 5) is 3.89. The molecule has 0 aliphatic carbocycles. The number of pyridine rings is 1. The lowest BCUT2D eigenvalue weighted by Gasteiger charge is -2.12. The topological polar surface area (TPSA) is 28.2 Å². The second kappa shape index (κ2) is 3.17. The number of hydrazine groups is 1. The van der Waals surface area contributed by atoms with Crippen molar-refractivity contribution in [3.05, 3.63) is 24.5 Å². The van der Waals surface area contributed by atoms with Crippen LogP contribution in [0.15, 0.2) is 24.5 Å². The minimum atomic E-state index is 1.06. The molecular weight excluding hydrogens is 126 g/mol. The van der Waals surface area contributed by atoms with Gasteiger partial charge in [-0.15, -0.1) is 0 Å². The van der Waals surface area contributed by atoms with Crippen molar-refractivity contribution in [2.24, 2.45) is 0 Å². The van der Waals surface area contributed by atoms with Gasteiger partial charge in [0.25, 0.3) is 0 Å². The summed E-state index contributed by atoms with van der Waals surface area (Å²) in [7, 11) is 3.89. The van der Waals surface area contributed by atoms with Gasteiger partial charge in [0.05, 0.1) is 5.69 Å². The first kappa shape index (κ1) is 7.02. The molecule has 1 aromatic rings. The number of hydrogen-bond donors (Lipinski definition) is 1. The SMILES string of the molecule is CN(C)Nc1ccncc1. The van der Waals surface area contributed by atoms with Gasteiger partial charge >= 0.3 is 0 Å². The molecule has 1 aromatic heterocycles. The van der Waals surface area contributed by atoms with Crippen LogP contribution in [0.1, 0.15) is 0 Å². The Balaban J connectivity index is 2.59. The van der Waals surface area contributed by atoms with Crippen molar-refractivity contribution in [1.82, 2.24) is 9.99 Å². The molecule has 0 aliphatic rings. The molecule has 10 heavy (non-hydrogen) atoms. The minimum Gasteiger partial charge on any atom is -0.319 e.